The molecular weight excluding hydrogens is 329 g/mol. The molecule has 2 aromatic rings. The van der Waals surface area contributed by atoms with Gasteiger partial charge in [-0.3, -0.25) is 4.72 Å². The molecule has 0 aliphatic heterocycles. The van der Waals surface area contributed by atoms with E-state index in [9.17, 15) is 8.42 Å². The summed E-state index contributed by atoms with van der Waals surface area (Å²) < 4.78 is 26.8. The molecule has 1 heterocycles. The highest BCUT2D eigenvalue weighted by Gasteiger charge is 2.20. The summed E-state index contributed by atoms with van der Waals surface area (Å²) >= 11 is 13.1. The van der Waals surface area contributed by atoms with Crippen LogP contribution < -0.4 is 4.72 Å². The molecule has 0 saturated heterocycles. The zero-order valence-corrected chi connectivity index (χ0v) is 12.6. The van der Waals surface area contributed by atoms with Gasteiger partial charge in [0.05, 0.1) is 17.3 Å². The Labute approximate surface area is 124 Å². The first kappa shape index (κ1) is 14.6. The number of aliphatic hydroxyl groups is 1. The molecule has 0 spiro atoms. The van der Waals surface area contributed by atoms with Gasteiger partial charge in [-0.05, 0) is 29.1 Å². The fourth-order valence-electron chi connectivity index (χ4n) is 1.43. The molecule has 4 nitrogen and oxygen atoms in total. The van der Waals surface area contributed by atoms with Crippen molar-refractivity contribution in [3.8, 4) is 0 Å². The van der Waals surface area contributed by atoms with E-state index in [0.717, 1.165) is 0 Å². The van der Waals surface area contributed by atoms with Gasteiger partial charge in [-0.15, -0.1) is 0 Å². The molecule has 2 rings (SSSR count). The second-order valence-electron chi connectivity index (χ2n) is 3.65. The third-order valence-corrected chi connectivity index (χ3v) is 5.22. The topological polar surface area (TPSA) is 66.4 Å². The molecule has 1 aromatic heterocycles. The van der Waals surface area contributed by atoms with E-state index in [0.29, 0.717) is 11.3 Å². The molecule has 8 heteroatoms. The second kappa shape index (κ2) is 5.68. The van der Waals surface area contributed by atoms with Crippen LogP contribution in [0, 0.1) is 0 Å². The lowest BCUT2D eigenvalue weighted by molar-refractivity contribution is 0.281. The Morgan fingerprint density at radius 2 is 2.00 bits per heavy atom. The summed E-state index contributed by atoms with van der Waals surface area (Å²) in [6, 6.07) is 4.20. The van der Waals surface area contributed by atoms with Crippen molar-refractivity contribution in [1.29, 1.82) is 0 Å². The molecule has 0 saturated carbocycles. The molecule has 0 bridgehead atoms. The Morgan fingerprint density at radius 1 is 1.26 bits per heavy atom. The van der Waals surface area contributed by atoms with Gasteiger partial charge >= 0.3 is 0 Å². The number of rotatable bonds is 4. The molecular formula is C11H9Cl2NO3S2. The quantitative estimate of drug-likeness (QED) is 0.898. The van der Waals surface area contributed by atoms with Crippen molar-refractivity contribution in [2.75, 3.05) is 4.72 Å². The summed E-state index contributed by atoms with van der Waals surface area (Å²) in [5.41, 5.74) is 0.762. The van der Waals surface area contributed by atoms with E-state index < -0.39 is 10.0 Å². The van der Waals surface area contributed by atoms with Crippen LogP contribution in [0.3, 0.4) is 0 Å². The molecule has 102 valence electrons. The van der Waals surface area contributed by atoms with Gasteiger partial charge in [0, 0.05) is 10.4 Å². The van der Waals surface area contributed by atoms with Crippen molar-refractivity contribution in [1.82, 2.24) is 0 Å². The predicted octanol–water partition coefficient (Wildman–Crippen LogP) is 3.35. The van der Waals surface area contributed by atoms with Crippen LogP contribution in [0.1, 0.15) is 5.56 Å². The molecule has 0 aliphatic carbocycles. The minimum atomic E-state index is -3.81. The minimum absolute atomic E-state index is 0.00456. The van der Waals surface area contributed by atoms with E-state index in [4.69, 9.17) is 28.3 Å². The minimum Gasteiger partial charge on any atom is -0.392 e. The number of thiophene rings is 1. The van der Waals surface area contributed by atoms with Crippen molar-refractivity contribution in [2.24, 2.45) is 0 Å². The predicted molar refractivity (Wildman–Crippen MR) is 77.5 cm³/mol. The highest BCUT2D eigenvalue weighted by atomic mass is 35.5. The number of sulfonamides is 1. The second-order valence-corrected chi connectivity index (χ2v) is 6.89. The van der Waals surface area contributed by atoms with Gasteiger partial charge in [0.1, 0.15) is 4.90 Å². The Bertz CT molecular complexity index is 684. The Hall–Kier alpha value is -0.790. The van der Waals surface area contributed by atoms with Crippen LogP contribution in [0.5, 0.6) is 0 Å². The third-order valence-electron chi connectivity index (χ3n) is 2.33. The van der Waals surface area contributed by atoms with Gasteiger partial charge in [0.2, 0.25) is 0 Å². The van der Waals surface area contributed by atoms with Gasteiger partial charge in [0.25, 0.3) is 10.0 Å². The number of halogens is 2. The first-order valence-corrected chi connectivity index (χ1v) is 8.26. The average Bonchev–Trinajstić information content (AvgIpc) is 2.80. The SMILES string of the molecule is O=S(=O)(Nc1ccsc1)c1cc(CO)c(Cl)cc1Cl. The lowest BCUT2D eigenvalue weighted by Crippen LogP contribution is -2.13. The van der Waals surface area contributed by atoms with Gasteiger partial charge in [-0.25, -0.2) is 8.42 Å². The number of aliphatic hydroxyl groups excluding tert-OH is 1. The fraction of sp³-hybridized carbons (Fsp3) is 0.0909. The summed E-state index contributed by atoms with van der Waals surface area (Å²) in [5.74, 6) is 0. The zero-order valence-electron chi connectivity index (χ0n) is 9.43. The molecule has 0 radical (unpaired) electrons. The summed E-state index contributed by atoms with van der Waals surface area (Å²) in [6.07, 6.45) is 0. The van der Waals surface area contributed by atoms with Crippen molar-refractivity contribution < 1.29 is 13.5 Å². The van der Waals surface area contributed by atoms with Crippen LogP contribution in [-0.2, 0) is 16.6 Å². The number of hydrogen-bond acceptors (Lipinski definition) is 4. The smallest absolute Gasteiger partial charge is 0.263 e. The molecule has 0 atom stereocenters. The van der Waals surface area contributed by atoms with Crippen LogP contribution in [0.15, 0.2) is 33.9 Å². The number of benzene rings is 1. The van der Waals surface area contributed by atoms with Gasteiger partial charge in [0.15, 0.2) is 0 Å². The zero-order chi connectivity index (χ0) is 14.0. The average molecular weight is 338 g/mol. The molecule has 0 fully saturated rings. The maximum absolute atomic E-state index is 12.2. The van der Waals surface area contributed by atoms with Crippen LogP contribution in [0.25, 0.3) is 0 Å². The van der Waals surface area contributed by atoms with Gasteiger partial charge in [-0.2, -0.15) is 11.3 Å². The Balaban J connectivity index is 2.45. The van der Waals surface area contributed by atoms with Crippen molar-refractivity contribution in [3.05, 3.63) is 44.6 Å². The van der Waals surface area contributed by atoms with Crippen molar-refractivity contribution >= 4 is 50.2 Å². The van der Waals surface area contributed by atoms with Crippen LogP contribution in [0.2, 0.25) is 10.0 Å². The molecule has 19 heavy (non-hydrogen) atoms. The third kappa shape index (κ3) is 3.21. The van der Waals surface area contributed by atoms with Crippen LogP contribution in [-0.4, -0.2) is 13.5 Å². The van der Waals surface area contributed by atoms with Gasteiger partial charge < -0.3 is 5.11 Å². The number of anilines is 1. The van der Waals surface area contributed by atoms with E-state index in [1.807, 2.05) is 0 Å². The maximum Gasteiger partial charge on any atom is 0.263 e. The fourth-order valence-corrected chi connectivity index (χ4v) is 4.00. The van der Waals surface area contributed by atoms with E-state index in [1.54, 1.807) is 16.8 Å². The lowest BCUT2D eigenvalue weighted by atomic mass is 10.2. The van der Waals surface area contributed by atoms with Crippen LogP contribution in [0.4, 0.5) is 5.69 Å². The molecule has 1 aromatic carbocycles. The van der Waals surface area contributed by atoms with Crippen molar-refractivity contribution in [2.45, 2.75) is 11.5 Å². The van der Waals surface area contributed by atoms with Crippen molar-refractivity contribution in [3.63, 3.8) is 0 Å². The number of hydrogen-bond donors (Lipinski definition) is 2. The lowest BCUT2D eigenvalue weighted by Gasteiger charge is -2.10. The Kier molecular flexibility index (Phi) is 4.37. The van der Waals surface area contributed by atoms with E-state index in [2.05, 4.69) is 4.72 Å². The first-order valence-electron chi connectivity index (χ1n) is 5.08. The molecule has 2 N–H and O–H groups in total. The monoisotopic (exact) mass is 337 g/mol. The Morgan fingerprint density at radius 3 is 2.58 bits per heavy atom. The van der Waals surface area contributed by atoms with Gasteiger partial charge in [-0.1, -0.05) is 23.2 Å². The highest BCUT2D eigenvalue weighted by molar-refractivity contribution is 7.92. The largest absolute Gasteiger partial charge is 0.392 e. The molecule has 0 amide bonds. The molecule has 0 unspecified atom stereocenters. The summed E-state index contributed by atoms with van der Waals surface area (Å²) in [5, 5.41) is 12.8. The van der Waals surface area contributed by atoms with Crippen LogP contribution >= 0.6 is 34.5 Å². The van der Waals surface area contributed by atoms with E-state index in [1.165, 1.54) is 23.5 Å². The highest BCUT2D eigenvalue weighted by Crippen LogP contribution is 2.30. The summed E-state index contributed by atoms with van der Waals surface area (Å²) in [4.78, 5) is -0.117. The molecule has 0 aliphatic rings. The van der Waals surface area contributed by atoms with E-state index in [-0.39, 0.29) is 21.5 Å². The standard InChI is InChI=1S/C11H9Cl2NO3S2/c12-9-4-10(13)11(3-7(9)5-15)19(16,17)14-8-1-2-18-6-8/h1-4,6,14-15H,5H2. The summed E-state index contributed by atoms with van der Waals surface area (Å²) in [6.45, 7) is -0.364. The number of nitrogens with one attached hydrogen (secondary N) is 1. The van der Waals surface area contributed by atoms with E-state index >= 15 is 0 Å². The normalized spacial score (nSPS) is 11.5. The maximum atomic E-state index is 12.2. The first-order chi connectivity index (χ1) is 8.94. The summed E-state index contributed by atoms with van der Waals surface area (Å²) in [7, 11) is -3.81.